The Hall–Kier alpha value is -3.52. The van der Waals surface area contributed by atoms with Crippen molar-refractivity contribution in [2.24, 2.45) is 0 Å². The molecule has 4 aromatic carbocycles. The highest BCUT2D eigenvalue weighted by atomic mass is 16.1. The van der Waals surface area contributed by atoms with Crippen LogP contribution in [0.2, 0.25) is 0 Å². The van der Waals surface area contributed by atoms with E-state index in [1.165, 1.54) is 0 Å². The third-order valence-corrected chi connectivity index (χ3v) is 5.57. The van der Waals surface area contributed by atoms with Gasteiger partial charge in [-0.2, -0.15) is 0 Å². The molecule has 0 fully saturated rings. The number of hydrogen-bond acceptors (Lipinski definition) is 2. The van der Waals surface area contributed by atoms with Gasteiger partial charge in [-0.25, -0.2) is 0 Å². The minimum atomic E-state index is 0.0307. The van der Waals surface area contributed by atoms with Crippen LogP contribution in [0.15, 0.2) is 72.8 Å². The zero-order valence-corrected chi connectivity index (χ0v) is 15.7. The Morgan fingerprint density at radius 2 is 0.714 bits per heavy atom. The lowest BCUT2D eigenvalue weighted by Crippen LogP contribution is -2.15. The first-order valence-electron chi connectivity index (χ1n) is 9.63. The van der Waals surface area contributed by atoms with Crippen LogP contribution in [0.4, 0.5) is 0 Å². The highest BCUT2D eigenvalue weighted by molar-refractivity contribution is 6.33. The summed E-state index contributed by atoms with van der Waals surface area (Å²) in [7, 11) is 0. The molecular formula is C26H18O2. The Balaban J connectivity index is 0.000000829. The van der Waals surface area contributed by atoms with Gasteiger partial charge in [-0.15, -0.1) is 0 Å². The van der Waals surface area contributed by atoms with E-state index in [0.29, 0.717) is 11.1 Å². The van der Waals surface area contributed by atoms with Gasteiger partial charge in [0.05, 0.1) is 0 Å². The topological polar surface area (TPSA) is 34.1 Å². The van der Waals surface area contributed by atoms with Crippen LogP contribution in [0.25, 0.3) is 33.0 Å². The van der Waals surface area contributed by atoms with Gasteiger partial charge in [-0.3, -0.25) is 9.59 Å². The summed E-state index contributed by atoms with van der Waals surface area (Å²) in [6, 6.07) is 23.2. The standard InChI is InChI=1S/C24H12O2.C2H6/c25-23-17-7-3-1-5-13(17)15-9-11-20-22-16(10-12-19(23)21(15)22)14-6-2-4-8-18(14)24(20)26;1-2/h1-12H;1-2H3. The fraction of sp³-hybridized carbons (Fsp3) is 0.0769. The molecule has 0 aromatic heterocycles. The van der Waals surface area contributed by atoms with Gasteiger partial charge >= 0.3 is 0 Å². The molecule has 4 aromatic rings. The van der Waals surface area contributed by atoms with Crippen LogP contribution in [0.1, 0.15) is 45.7 Å². The van der Waals surface area contributed by atoms with Gasteiger partial charge in [0.1, 0.15) is 0 Å². The number of benzene rings is 4. The Labute approximate surface area is 163 Å². The highest BCUT2D eigenvalue weighted by Crippen LogP contribution is 2.47. The van der Waals surface area contributed by atoms with Crippen LogP contribution < -0.4 is 0 Å². The lowest BCUT2D eigenvalue weighted by Gasteiger charge is -2.26. The zero-order chi connectivity index (χ0) is 19.4. The maximum atomic E-state index is 13.1. The van der Waals surface area contributed by atoms with E-state index < -0.39 is 0 Å². The third-order valence-electron chi connectivity index (χ3n) is 5.57. The molecule has 28 heavy (non-hydrogen) atoms. The molecule has 2 heteroatoms. The first-order valence-corrected chi connectivity index (χ1v) is 9.63. The molecule has 0 unspecified atom stereocenters. The second kappa shape index (κ2) is 6.00. The molecule has 2 aliphatic carbocycles. The fourth-order valence-electron chi connectivity index (χ4n) is 4.44. The average molecular weight is 362 g/mol. The van der Waals surface area contributed by atoms with Crippen molar-refractivity contribution in [3.05, 3.63) is 95.1 Å². The molecule has 134 valence electrons. The molecule has 0 saturated heterocycles. The largest absolute Gasteiger partial charge is 0.289 e. The van der Waals surface area contributed by atoms with Crippen molar-refractivity contribution in [1.29, 1.82) is 0 Å². The lowest BCUT2D eigenvalue weighted by molar-refractivity contribution is 0.103. The monoisotopic (exact) mass is 362 g/mol. The molecule has 0 radical (unpaired) electrons. The van der Waals surface area contributed by atoms with Gasteiger partial charge < -0.3 is 0 Å². The lowest BCUT2D eigenvalue weighted by atomic mass is 9.76. The van der Waals surface area contributed by atoms with Crippen LogP contribution in [-0.2, 0) is 0 Å². The molecule has 0 amide bonds. The smallest absolute Gasteiger partial charge is 0.194 e. The van der Waals surface area contributed by atoms with E-state index in [-0.39, 0.29) is 11.6 Å². The van der Waals surface area contributed by atoms with Crippen molar-refractivity contribution in [1.82, 2.24) is 0 Å². The Morgan fingerprint density at radius 3 is 1.11 bits per heavy atom. The highest BCUT2D eigenvalue weighted by Gasteiger charge is 2.31. The number of ketones is 2. The number of carbonyl (C=O) groups excluding carboxylic acids is 2. The zero-order valence-electron chi connectivity index (χ0n) is 15.7. The van der Waals surface area contributed by atoms with Crippen molar-refractivity contribution in [2.75, 3.05) is 0 Å². The summed E-state index contributed by atoms with van der Waals surface area (Å²) < 4.78 is 0. The second-order valence-corrected chi connectivity index (χ2v) is 6.82. The third kappa shape index (κ3) is 1.97. The van der Waals surface area contributed by atoms with E-state index in [2.05, 4.69) is 0 Å². The Bertz CT molecular complexity index is 1210. The van der Waals surface area contributed by atoms with Crippen LogP contribution in [0, 0.1) is 0 Å². The van der Waals surface area contributed by atoms with Crippen LogP contribution >= 0.6 is 0 Å². The van der Waals surface area contributed by atoms with Gasteiger partial charge in [0.25, 0.3) is 0 Å². The molecule has 0 spiro atoms. The molecule has 6 rings (SSSR count). The number of fused-ring (bicyclic) bond motifs is 4. The quantitative estimate of drug-likeness (QED) is 0.318. The average Bonchev–Trinajstić information content (AvgIpc) is 2.77. The van der Waals surface area contributed by atoms with Crippen LogP contribution in [0.5, 0.6) is 0 Å². The van der Waals surface area contributed by atoms with Gasteiger partial charge in [-0.05, 0) is 34.4 Å². The molecule has 0 bridgehead atoms. The van der Waals surface area contributed by atoms with Gasteiger partial charge in [0, 0.05) is 33.0 Å². The van der Waals surface area contributed by atoms with Gasteiger partial charge in [0.15, 0.2) is 11.6 Å². The van der Waals surface area contributed by atoms with Crippen LogP contribution in [0.3, 0.4) is 0 Å². The van der Waals surface area contributed by atoms with Crippen molar-refractivity contribution in [2.45, 2.75) is 13.8 Å². The Morgan fingerprint density at radius 1 is 0.393 bits per heavy atom. The van der Waals surface area contributed by atoms with E-state index in [1.807, 2.05) is 86.6 Å². The SMILES string of the molecule is CC.O=C1c2ccccc2-c2ccc3c4c(ccc1c24)-c1ccccc1C3=O. The summed E-state index contributed by atoms with van der Waals surface area (Å²) in [5.41, 5.74) is 6.78. The summed E-state index contributed by atoms with van der Waals surface area (Å²) in [6.07, 6.45) is 0. The van der Waals surface area contributed by atoms with E-state index >= 15 is 0 Å². The molecule has 0 aliphatic heterocycles. The molecule has 0 atom stereocenters. The van der Waals surface area contributed by atoms with Crippen LogP contribution in [-0.4, -0.2) is 11.6 Å². The summed E-state index contributed by atoms with van der Waals surface area (Å²) in [4.78, 5) is 26.1. The minimum absolute atomic E-state index is 0.0307. The molecule has 2 aliphatic rings. The summed E-state index contributed by atoms with van der Waals surface area (Å²) in [6.45, 7) is 4.00. The van der Waals surface area contributed by atoms with E-state index in [9.17, 15) is 9.59 Å². The van der Waals surface area contributed by atoms with E-state index in [1.54, 1.807) is 0 Å². The maximum absolute atomic E-state index is 13.1. The summed E-state index contributed by atoms with van der Waals surface area (Å²) >= 11 is 0. The predicted octanol–water partition coefficient (Wildman–Crippen LogP) is 6.29. The summed E-state index contributed by atoms with van der Waals surface area (Å²) in [5.74, 6) is 0.0613. The van der Waals surface area contributed by atoms with Gasteiger partial charge in [0.2, 0.25) is 0 Å². The molecule has 0 saturated carbocycles. The van der Waals surface area contributed by atoms with Crippen molar-refractivity contribution in [3.63, 3.8) is 0 Å². The molecule has 2 nitrogen and oxygen atoms in total. The van der Waals surface area contributed by atoms with E-state index in [4.69, 9.17) is 0 Å². The molecular weight excluding hydrogens is 344 g/mol. The predicted molar refractivity (Wildman–Crippen MR) is 113 cm³/mol. The number of hydrogen-bond donors (Lipinski definition) is 0. The van der Waals surface area contributed by atoms with Gasteiger partial charge in [-0.1, -0.05) is 74.5 Å². The molecule has 0 heterocycles. The second-order valence-electron chi connectivity index (χ2n) is 6.82. The minimum Gasteiger partial charge on any atom is -0.289 e. The molecule has 0 N–H and O–H groups in total. The normalized spacial score (nSPS) is 12.8. The first kappa shape index (κ1) is 16.6. The van der Waals surface area contributed by atoms with E-state index in [0.717, 1.165) is 44.2 Å². The summed E-state index contributed by atoms with van der Waals surface area (Å²) in [5, 5.41) is 1.82. The van der Waals surface area contributed by atoms with Crippen molar-refractivity contribution < 1.29 is 9.59 Å². The number of carbonyl (C=O) groups is 2. The number of rotatable bonds is 0. The first-order chi connectivity index (χ1) is 13.8. The Kier molecular flexibility index (Phi) is 3.56. The van der Waals surface area contributed by atoms with Crippen molar-refractivity contribution in [3.8, 4) is 22.3 Å². The van der Waals surface area contributed by atoms with Crippen molar-refractivity contribution >= 4 is 22.3 Å². The fourth-order valence-corrected chi connectivity index (χ4v) is 4.44. The maximum Gasteiger partial charge on any atom is 0.194 e.